The molecule has 26 heavy (non-hydrogen) atoms. The Morgan fingerprint density at radius 2 is 1.77 bits per heavy atom. The van der Waals surface area contributed by atoms with Crippen LogP contribution >= 0.6 is 0 Å². The summed E-state index contributed by atoms with van der Waals surface area (Å²) in [5.74, 6) is 0.227. The number of ether oxygens (including phenoxy) is 1. The van der Waals surface area contributed by atoms with Gasteiger partial charge in [0.25, 0.3) is 0 Å². The lowest BCUT2D eigenvalue weighted by molar-refractivity contribution is 0.101. The third-order valence-electron chi connectivity index (χ3n) is 4.70. The van der Waals surface area contributed by atoms with E-state index >= 15 is 0 Å². The average Bonchev–Trinajstić information content (AvgIpc) is 2.64. The average molecular weight is 356 g/mol. The zero-order chi connectivity index (χ0) is 18.5. The minimum Gasteiger partial charge on any atom is -0.494 e. The van der Waals surface area contributed by atoms with Crippen LogP contribution in [0, 0.1) is 5.82 Å². The minimum atomic E-state index is -0.438. The van der Waals surface area contributed by atoms with Gasteiger partial charge in [0.05, 0.1) is 17.9 Å². The molecule has 0 unspecified atom stereocenters. The smallest absolute Gasteiger partial charge is 0.164 e. The second-order valence-electron chi connectivity index (χ2n) is 6.53. The van der Waals surface area contributed by atoms with Crippen LogP contribution in [0.5, 0.6) is 5.75 Å². The van der Waals surface area contributed by atoms with E-state index in [1.807, 2.05) is 25.1 Å². The first-order chi connectivity index (χ1) is 12.6. The van der Waals surface area contributed by atoms with E-state index in [2.05, 4.69) is 21.9 Å². The predicted molar refractivity (Wildman–Crippen MR) is 102 cm³/mol. The summed E-state index contributed by atoms with van der Waals surface area (Å²) in [5.41, 5.74) is 2.16. The highest BCUT2D eigenvalue weighted by Gasteiger charge is 2.22. The number of nitrogens with zero attached hydrogens (tertiary/aromatic N) is 2. The third-order valence-corrected chi connectivity index (χ3v) is 4.70. The van der Waals surface area contributed by atoms with Gasteiger partial charge < -0.3 is 9.64 Å². The van der Waals surface area contributed by atoms with Crippen molar-refractivity contribution < 1.29 is 13.9 Å². The van der Waals surface area contributed by atoms with E-state index in [1.54, 1.807) is 6.07 Å². The van der Waals surface area contributed by atoms with E-state index in [1.165, 1.54) is 18.6 Å². The lowest BCUT2D eigenvalue weighted by Gasteiger charge is -2.36. The summed E-state index contributed by atoms with van der Waals surface area (Å²) in [4.78, 5) is 16.3. The fourth-order valence-corrected chi connectivity index (χ4v) is 3.39. The second-order valence-corrected chi connectivity index (χ2v) is 6.53. The molecule has 1 aliphatic heterocycles. The zero-order valence-electron chi connectivity index (χ0n) is 15.4. The Morgan fingerprint density at radius 3 is 2.38 bits per heavy atom. The molecule has 1 fully saturated rings. The monoisotopic (exact) mass is 356 g/mol. The van der Waals surface area contributed by atoms with Crippen LogP contribution in [0.3, 0.4) is 0 Å². The normalized spacial score (nSPS) is 15.1. The molecule has 0 spiro atoms. The molecule has 0 saturated carbocycles. The Balaban J connectivity index is 1.61. The van der Waals surface area contributed by atoms with E-state index in [-0.39, 0.29) is 11.3 Å². The van der Waals surface area contributed by atoms with E-state index in [0.717, 1.165) is 38.5 Å². The number of hydrogen-bond acceptors (Lipinski definition) is 4. The fourth-order valence-electron chi connectivity index (χ4n) is 3.39. The lowest BCUT2D eigenvalue weighted by atomic mass is 10.1. The van der Waals surface area contributed by atoms with Crippen molar-refractivity contribution in [2.75, 3.05) is 37.7 Å². The molecule has 0 amide bonds. The molecule has 0 radical (unpaired) electrons. The Hall–Kier alpha value is -2.40. The Bertz CT molecular complexity index is 753. The third kappa shape index (κ3) is 4.22. The van der Waals surface area contributed by atoms with E-state index in [9.17, 15) is 9.18 Å². The molecule has 1 saturated heterocycles. The molecular formula is C21H25FN2O2. The number of piperazine rings is 1. The van der Waals surface area contributed by atoms with Crippen molar-refractivity contribution in [1.82, 2.24) is 4.90 Å². The summed E-state index contributed by atoms with van der Waals surface area (Å²) in [6.07, 6.45) is 0. The van der Waals surface area contributed by atoms with Gasteiger partial charge in [-0.2, -0.15) is 0 Å². The van der Waals surface area contributed by atoms with Crippen molar-refractivity contribution in [3.8, 4) is 5.75 Å². The SMILES string of the molecule is CCOc1ccc(CN2CCN(c3cccc(F)c3C(C)=O)CC2)cc1. The summed E-state index contributed by atoms with van der Waals surface area (Å²) in [6.45, 7) is 8.25. The van der Waals surface area contributed by atoms with Gasteiger partial charge in [0.2, 0.25) is 0 Å². The molecular weight excluding hydrogens is 331 g/mol. The number of benzene rings is 2. The van der Waals surface area contributed by atoms with Crippen molar-refractivity contribution in [2.45, 2.75) is 20.4 Å². The Kier molecular flexibility index (Phi) is 5.89. The number of carbonyl (C=O) groups excluding carboxylic acids is 1. The minimum absolute atomic E-state index is 0.201. The van der Waals surface area contributed by atoms with Crippen LogP contribution in [0.15, 0.2) is 42.5 Å². The maximum Gasteiger partial charge on any atom is 0.164 e. The van der Waals surface area contributed by atoms with Gasteiger partial charge in [0.1, 0.15) is 11.6 Å². The molecule has 2 aromatic rings. The maximum absolute atomic E-state index is 14.0. The van der Waals surface area contributed by atoms with Crippen LogP contribution in [0.1, 0.15) is 29.8 Å². The number of hydrogen-bond donors (Lipinski definition) is 0. The number of anilines is 1. The van der Waals surface area contributed by atoms with Crippen molar-refractivity contribution in [3.63, 3.8) is 0 Å². The second kappa shape index (κ2) is 8.32. The topological polar surface area (TPSA) is 32.8 Å². The van der Waals surface area contributed by atoms with Crippen LogP contribution in [0.4, 0.5) is 10.1 Å². The highest BCUT2D eigenvalue weighted by atomic mass is 19.1. The van der Waals surface area contributed by atoms with Gasteiger partial charge in [-0.05, 0) is 43.7 Å². The highest BCUT2D eigenvalue weighted by molar-refractivity contribution is 6.00. The highest BCUT2D eigenvalue weighted by Crippen LogP contribution is 2.25. The predicted octanol–water partition coefficient (Wildman–Crippen LogP) is 3.75. The fraction of sp³-hybridized carbons (Fsp3) is 0.381. The molecule has 0 aliphatic carbocycles. The lowest BCUT2D eigenvalue weighted by Crippen LogP contribution is -2.46. The molecule has 4 nitrogen and oxygen atoms in total. The van der Waals surface area contributed by atoms with Gasteiger partial charge in [0, 0.05) is 32.7 Å². The summed E-state index contributed by atoms with van der Waals surface area (Å²) in [5, 5.41) is 0. The molecule has 0 atom stereocenters. The van der Waals surface area contributed by atoms with Gasteiger partial charge in [0.15, 0.2) is 5.78 Å². The van der Waals surface area contributed by atoms with Crippen LogP contribution in [-0.4, -0.2) is 43.5 Å². The molecule has 1 aliphatic rings. The first-order valence-corrected chi connectivity index (χ1v) is 9.07. The first-order valence-electron chi connectivity index (χ1n) is 9.07. The summed E-state index contributed by atoms with van der Waals surface area (Å²) < 4.78 is 19.5. The van der Waals surface area contributed by atoms with Crippen LogP contribution in [0.2, 0.25) is 0 Å². The molecule has 0 bridgehead atoms. The molecule has 0 aromatic heterocycles. The molecule has 0 N–H and O–H groups in total. The summed E-state index contributed by atoms with van der Waals surface area (Å²) in [6, 6.07) is 13.0. The van der Waals surface area contributed by atoms with Crippen LogP contribution in [0.25, 0.3) is 0 Å². The Morgan fingerprint density at radius 1 is 1.08 bits per heavy atom. The van der Waals surface area contributed by atoms with Crippen LogP contribution < -0.4 is 9.64 Å². The van der Waals surface area contributed by atoms with Gasteiger partial charge in [-0.1, -0.05) is 18.2 Å². The zero-order valence-corrected chi connectivity index (χ0v) is 15.4. The van der Waals surface area contributed by atoms with Gasteiger partial charge in [-0.25, -0.2) is 4.39 Å². The number of rotatable bonds is 6. The van der Waals surface area contributed by atoms with Gasteiger partial charge in [-0.15, -0.1) is 0 Å². The van der Waals surface area contributed by atoms with Gasteiger partial charge in [-0.3, -0.25) is 9.69 Å². The number of Topliss-reactive ketones (excluding diaryl/α,β-unsaturated/α-hetero) is 1. The standard InChI is InChI=1S/C21H25FN2O2/c1-3-26-18-9-7-17(8-10-18)15-23-11-13-24(14-12-23)20-6-4-5-19(22)21(20)16(2)25/h4-10H,3,11-15H2,1-2H3. The van der Waals surface area contributed by atoms with E-state index in [4.69, 9.17) is 4.74 Å². The van der Waals surface area contributed by atoms with Crippen LogP contribution in [-0.2, 0) is 6.54 Å². The van der Waals surface area contributed by atoms with Gasteiger partial charge >= 0.3 is 0 Å². The summed E-state index contributed by atoms with van der Waals surface area (Å²) in [7, 11) is 0. The molecule has 138 valence electrons. The molecule has 5 heteroatoms. The Labute approximate surface area is 154 Å². The van der Waals surface area contributed by atoms with Crippen molar-refractivity contribution in [2.24, 2.45) is 0 Å². The first kappa shape index (κ1) is 18.4. The van der Waals surface area contributed by atoms with Crippen molar-refractivity contribution in [1.29, 1.82) is 0 Å². The molecule has 1 heterocycles. The quantitative estimate of drug-likeness (QED) is 0.738. The summed E-state index contributed by atoms with van der Waals surface area (Å²) >= 11 is 0. The maximum atomic E-state index is 14.0. The van der Waals surface area contributed by atoms with Crippen molar-refractivity contribution >= 4 is 11.5 Å². The molecule has 2 aromatic carbocycles. The molecule has 3 rings (SSSR count). The number of halogens is 1. The number of carbonyl (C=O) groups is 1. The number of ketones is 1. The van der Waals surface area contributed by atoms with E-state index in [0.29, 0.717) is 12.3 Å². The van der Waals surface area contributed by atoms with E-state index < -0.39 is 5.82 Å². The largest absolute Gasteiger partial charge is 0.494 e. The van der Waals surface area contributed by atoms with Crippen molar-refractivity contribution in [3.05, 3.63) is 59.4 Å².